The van der Waals surface area contributed by atoms with E-state index in [-0.39, 0.29) is 0 Å². The summed E-state index contributed by atoms with van der Waals surface area (Å²) in [6.45, 7) is 0. The zero-order valence-electron chi connectivity index (χ0n) is 30.3. The average Bonchev–Trinajstić information content (AvgIpc) is 3.80. The van der Waals surface area contributed by atoms with Crippen LogP contribution in [0, 0.1) is 0 Å². The number of nitrogens with zero attached hydrogens (tertiary/aromatic N) is 5. The maximum Gasteiger partial charge on any atom is 0.238 e. The van der Waals surface area contributed by atoms with Crippen molar-refractivity contribution in [2.45, 2.75) is 0 Å². The van der Waals surface area contributed by atoms with E-state index in [1.807, 2.05) is 12.1 Å². The van der Waals surface area contributed by atoms with E-state index in [1.54, 1.807) is 0 Å². The van der Waals surface area contributed by atoms with E-state index in [1.165, 1.54) is 27.2 Å². The number of benzene rings is 8. The second-order valence-corrected chi connectivity index (χ2v) is 14.1. The molecule has 0 amide bonds. The lowest BCUT2D eigenvalue weighted by molar-refractivity contribution is 0.953. The van der Waals surface area contributed by atoms with E-state index in [2.05, 4.69) is 197 Å². The van der Waals surface area contributed by atoms with E-state index >= 15 is 0 Å². The van der Waals surface area contributed by atoms with Gasteiger partial charge in [-0.25, -0.2) is 4.98 Å². The zero-order valence-corrected chi connectivity index (χ0v) is 30.3. The van der Waals surface area contributed by atoms with Crippen LogP contribution in [-0.4, -0.2) is 24.1 Å². The molecule has 0 aliphatic carbocycles. The Kier molecular flexibility index (Phi) is 7.42. The molecule has 11 aromatic rings. The monoisotopic (exact) mass is 715 g/mol. The molecule has 0 radical (unpaired) electrons. The van der Waals surface area contributed by atoms with Crippen LogP contribution >= 0.6 is 0 Å². The van der Waals surface area contributed by atoms with Crippen molar-refractivity contribution in [3.63, 3.8) is 0 Å². The molecule has 0 saturated heterocycles. The number of hydrogen-bond acceptors (Lipinski definition) is 3. The lowest BCUT2D eigenvalue weighted by Gasteiger charge is -2.12. The van der Waals surface area contributed by atoms with Crippen molar-refractivity contribution in [3.05, 3.63) is 200 Å². The molecular formula is C51H33N5. The van der Waals surface area contributed by atoms with Gasteiger partial charge < -0.3 is 4.57 Å². The fourth-order valence-corrected chi connectivity index (χ4v) is 8.22. The summed E-state index contributed by atoms with van der Waals surface area (Å²) in [7, 11) is 0. The highest BCUT2D eigenvalue weighted by molar-refractivity contribution is 6.28. The topological polar surface area (TPSA) is 48.5 Å². The molecule has 0 aliphatic heterocycles. The van der Waals surface area contributed by atoms with Crippen LogP contribution in [0.4, 0.5) is 0 Å². The van der Waals surface area contributed by atoms with Gasteiger partial charge in [0, 0.05) is 38.4 Å². The molecule has 262 valence electrons. The maximum atomic E-state index is 5.30. The fraction of sp³-hybridized carbons (Fsp3) is 0. The Balaban J connectivity index is 1.18. The van der Waals surface area contributed by atoms with Crippen LogP contribution in [0.5, 0.6) is 0 Å². The highest BCUT2D eigenvalue weighted by atomic mass is 15.2. The molecule has 0 spiro atoms. The Bertz CT molecular complexity index is 3220. The number of hydrogen-bond donors (Lipinski definition) is 0. The summed E-state index contributed by atoms with van der Waals surface area (Å²) in [5.74, 6) is 1.80. The number of aromatic nitrogens is 5. The normalized spacial score (nSPS) is 11.6. The third-order valence-corrected chi connectivity index (χ3v) is 10.8. The summed E-state index contributed by atoms with van der Waals surface area (Å²) in [5, 5.41) is 4.73. The van der Waals surface area contributed by atoms with Gasteiger partial charge in [0.2, 0.25) is 5.95 Å². The quantitative estimate of drug-likeness (QED) is 0.172. The summed E-state index contributed by atoms with van der Waals surface area (Å²) in [4.78, 5) is 15.8. The Morgan fingerprint density at radius 1 is 0.286 bits per heavy atom. The third-order valence-electron chi connectivity index (χ3n) is 10.8. The first-order valence-electron chi connectivity index (χ1n) is 18.9. The molecule has 0 saturated carbocycles. The van der Waals surface area contributed by atoms with Crippen LogP contribution in [0.1, 0.15) is 0 Å². The Hall–Kier alpha value is -7.63. The lowest BCUT2D eigenvalue weighted by atomic mass is 10.0. The zero-order chi connectivity index (χ0) is 37.0. The van der Waals surface area contributed by atoms with E-state index in [0.717, 1.165) is 55.4 Å². The van der Waals surface area contributed by atoms with Crippen molar-refractivity contribution in [3.8, 4) is 56.7 Å². The van der Waals surface area contributed by atoms with Crippen molar-refractivity contribution in [1.29, 1.82) is 0 Å². The van der Waals surface area contributed by atoms with Crippen molar-refractivity contribution in [2.75, 3.05) is 0 Å². The summed E-state index contributed by atoms with van der Waals surface area (Å²) in [6, 6.07) is 70.2. The van der Waals surface area contributed by atoms with Gasteiger partial charge in [0.15, 0.2) is 11.6 Å². The smallest absolute Gasteiger partial charge is 0.238 e. The lowest BCUT2D eigenvalue weighted by Crippen LogP contribution is -2.06. The molecule has 0 aliphatic rings. The van der Waals surface area contributed by atoms with Gasteiger partial charge in [0.25, 0.3) is 0 Å². The van der Waals surface area contributed by atoms with E-state index < -0.39 is 0 Å². The van der Waals surface area contributed by atoms with Crippen LogP contribution < -0.4 is 0 Å². The molecule has 5 nitrogen and oxygen atoms in total. The van der Waals surface area contributed by atoms with Crippen molar-refractivity contribution in [2.24, 2.45) is 0 Å². The summed E-state index contributed by atoms with van der Waals surface area (Å²) >= 11 is 0. The standard InChI is InChI=1S/C51H33N5/c1-4-15-34(16-5-1)36-27-29-37(30-28-36)49-52-50(39-20-14-19-38(33-39)35-17-6-2-7-18-35)54-51(53-49)56-44-26-13-11-24-42(44)48-46(56)32-31-45-47(48)41-23-10-12-25-43(41)55(45)40-21-8-3-9-22-40/h1-33H. The fourth-order valence-electron chi connectivity index (χ4n) is 8.22. The molecule has 0 bridgehead atoms. The van der Waals surface area contributed by atoms with Crippen molar-refractivity contribution >= 4 is 43.6 Å². The molecular weight excluding hydrogens is 683 g/mol. The molecule has 3 heterocycles. The summed E-state index contributed by atoms with van der Waals surface area (Å²) in [6.07, 6.45) is 0. The highest BCUT2D eigenvalue weighted by Crippen LogP contribution is 2.42. The number of fused-ring (bicyclic) bond motifs is 7. The number of rotatable bonds is 6. The van der Waals surface area contributed by atoms with Gasteiger partial charge in [0.05, 0.1) is 22.1 Å². The Labute approximate surface area is 323 Å². The van der Waals surface area contributed by atoms with Gasteiger partial charge in [-0.15, -0.1) is 0 Å². The summed E-state index contributed by atoms with van der Waals surface area (Å²) in [5.41, 5.74) is 11.9. The van der Waals surface area contributed by atoms with Crippen LogP contribution in [-0.2, 0) is 0 Å². The molecule has 0 atom stereocenters. The molecule has 11 rings (SSSR count). The predicted molar refractivity (Wildman–Crippen MR) is 230 cm³/mol. The summed E-state index contributed by atoms with van der Waals surface area (Å²) < 4.78 is 4.58. The minimum Gasteiger partial charge on any atom is -0.309 e. The highest BCUT2D eigenvalue weighted by Gasteiger charge is 2.22. The van der Waals surface area contributed by atoms with Gasteiger partial charge in [-0.3, -0.25) is 4.57 Å². The largest absolute Gasteiger partial charge is 0.309 e. The van der Waals surface area contributed by atoms with Crippen molar-refractivity contribution in [1.82, 2.24) is 24.1 Å². The molecule has 3 aromatic heterocycles. The molecule has 56 heavy (non-hydrogen) atoms. The predicted octanol–water partition coefficient (Wildman–Crippen LogP) is 12.7. The van der Waals surface area contributed by atoms with Gasteiger partial charge >= 0.3 is 0 Å². The van der Waals surface area contributed by atoms with Gasteiger partial charge in [-0.05, 0) is 64.7 Å². The second kappa shape index (κ2) is 13.0. The minimum absolute atomic E-state index is 0.569. The van der Waals surface area contributed by atoms with Crippen LogP contribution in [0.3, 0.4) is 0 Å². The van der Waals surface area contributed by atoms with Gasteiger partial charge in [0.1, 0.15) is 0 Å². The molecule has 0 fully saturated rings. The maximum absolute atomic E-state index is 5.30. The first-order chi connectivity index (χ1) is 27.8. The Morgan fingerprint density at radius 3 is 1.38 bits per heavy atom. The first kappa shape index (κ1) is 31.9. The Morgan fingerprint density at radius 2 is 0.732 bits per heavy atom. The van der Waals surface area contributed by atoms with Gasteiger partial charge in [-0.1, -0.05) is 158 Å². The third kappa shape index (κ3) is 5.21. The van der Waals surface area contributed by atoms with E-state index in [4.69, 9.17) is 15.0 Å². The SMILES string of the molecule is c1ccc(-c2ccc(-c3nc(-c4cccc(-c5ccccc5)c4)nc(-n4c5ccccc5c5c6c7ccccc7n(-c7ccccc7)c6ccc54)n3)cc2)cc1. The number of para-hydroxylation sites is 3. The van der Waals surface area contributed by atoms with Crippen molar-refractivity contribution < 1.29 is 0 Å². The van der Waals surface area contributed by atoms with E-state index in [9.17, 15) is 0 Å². The molecule has 5 heteroatoms. The molecule has 0 unspecified atom stereocenters. The minimum atomic E-state index is 0.569. The van der Waals surface area contributed by atoms with Gasteiger partial charge in [-0.2, -0.15) is 9.97 Å². The first-order valence-corrected chi connectivity index (χ1v) is 18.9. The van der Waals surface area contributed by atoms with Crippen LogP contribution in [0.25, 0.3) is 100 Å². The second-order valence-electron chi connectivity index (χ2n) is 14.1. The molecule has 0 N–H and O–H groups in total. The van der Waals surface area contributed by atoms with Crippen LogP contribution in [0.2, 0.25) is 0 Å². The average molecular weight is 716 g/mol. The van der Waals surface area contributed by atoms with Crippen LogP contribution in [0.15, 0.2) is 200 Å². The molecule has 8 aromatic carbocycles. The van der Waals surface area contributed by atoms with E-state index in [0.29, 0.717) is 17.6 Å².